The first kappa shape index (κ1) is 24.8. The van der Waals surface area contributed by atoms with Crippen LogP contribution in [0.2, 0.25) is 0 Å². The first-order valence-electron chi connectivity index (χ1n) is 11.4. The summed E-state index contributed by atoms with van der Waals surface area (Å²) in [5, 5.41) is 14.0. The standard InChI is InChI=1S/C25H31N3O4S/c1-2-23(25(30)26-21-10-6-7-11-21)27(16-19-8-4-3-5-9-19)24(29)18-33-17-20-12-14-22(15-13-20)28(31)32/h3-5,8-9,12-15,21,23H,2,6-7,10-11,16-18H2,1H3,(H,26,30). The molecule has 1 saturated carbocycles. The van der Waals surface area contributed by atoms with E-state index in [2.05, 4.69) is 5.32 Å². The van der Waals surface area contributed by atoms with E-state index < -0.39 is 11.0 Å². The van der Waals surface area contributed by atoms with E-state index in [0.717, 1.165) is 36.8 Å². The van der Waals surface area contributed by atoms with Gasteiger partial charge in [0.15, 0.2) is 0 Å². The molecule has 2 aromatic rings. The van der Waals surface area contributed by atoms with E-state index in [0.29, 0.717) is 18.7 Å². The smallest absolute Gasteiger partial charge is 0.269 e. The molecule has 0 aliphatic heterocycles. The number of rotatable bonds is 11. The Morgan fingerprint density at radius 1 is 1.09 bits per heavy atom. The number of nitrogens with zero attached hydrogens (tertiary/aromatic N) is 2. The molecule has 3 rings (SSSR count). The molecular formula is C25H31N3O4S. The Bertz CT molecular complexity index is 930. The zero-order chi connectivity index (χ0) is 23.6. The zero-order valence-corrected chi connectivity index (χ0v) is 19.8. The van der Waals surface area contributed by atoms with Gasteiger partial charge in [-0.1, -0.05) is 62.2 Å². The lowest BCUT2D eigenvalue weighted by atomic mass is 10.1. The summed E-state index contributed by atoms with van der Waals surface area (Å²) < 4.78 is 0. The zero-order valence-electron chi connectivity index (χ0n) is 18.9. The maximum Gasteiger partial charge on any atom is 0.269 e. The molecule has 2 aromatic carbocycles. The number of nitrogens with one attached hydrogen (secondary N) is 1. The van der Waals surface area contributed by atoms with Crippen molar-refractivity contribution in [3.8, 4) is 0 Å². The molecule has 1 fully saturated rings. The third-order valence-electron chi connectivity index (χ3n) is 5.92. The van der Waals surface area contributed by atoms with Crippen LogP contribution in [0.5, 0.6) is 0 Å². The highest BCUT2D eigenvalue weighted by Gasteiger charge is 2.30. The van der Waals surface area contributed by atoms with Gasteiger partial charge in [0.2, 0.25) is 11.8 Å². The molecule has 8 heteroatoms. The second-order valence-electron chi connectivity index (χ2n) is 8.34. The van der Waals surface area contributed by atoms with Crippen LogP contribution in [0.3, 0.4) is 0 Å². The van der Waals surface area contributed by atoms with Crippen LogP contribution in [-0.4, -0.2) is 39.5 Å². The summed E-state index contributed by atoms with van der Waals surface area (Å²) in [5.74, 6) is 0.638. The Labute approximate surface area is 199 Å². The number of thioether (sulfide) groups is 1. The fourth-order valence-electron chi connectivity index (χ4n) is 4.12. The lowest BCUT2D eigenvalue weighted by molar-refractivity contribution is -0.384. The number of nitro groups is 1. The maximum absolute atomic E-state index is 13.3. The molecule has 2 amide bonds. The number of carbonyl (C=O) groups is 2. The molecule has 0 bridgehead atoms. The Morgan fingerprint density at radius 3 is 2.36 bits per heavy atom. The van der Waals surface area contributed by atoms with Crippen molar-refractivity contribution in [2.45, 2.75) is 63.4 Å². The predicted molar refractivity (Wildman–Crippen MR) is 131 cm³/mol. The van der Waals surface area contributed by atoms with Gasteiger partial charge < -0.3 is 10.2 Å². The van der Waals surface area contributed by atoms with Gasteiger partial charge in [0.05, 0.1) is 10.7 Å². The van der Waals surface area contributed by atoms with E-state index in [4.69, 9.17) is 0 Å². The van der Waals surface area contributed by atoms with Gasteiger partial charge in [-0.25, -0.2) is 0 Å². The van der Waals surface area contributed by atoms with Crippen LogP contribution in [0.15, 0.2) is 54.6 Å². The van der Waals surface area contributed by atoms with Gasteiger partial charge in [0.1, 0.15) is 6.04 Å². The van der Waals surface area contributed by atoms with Crippen molar-refractivity contribution in [2.75, 3.05) is 5.75 Å². The van der Waals surface area contributed by atoms with Gasteiger partial charge in [0.25, 0.3) is 5.69 Å². The normalized spacial score (nSPS) is 14.6. The summed E-state index contributed by atoms with van der Waals surface area (Å²) in [6.07, 6.45) is 4.81. The Morgan fingerprint density at radius 2 is 1.76 bits per heavy atom. The molecule has 1 atom stereocenters. The molecule has 33 heavy (non-hydrogen) atoms. The fourth-order valence-corrected chi connectivity index (χ4v) is 4.99. The molecule has 1 unspecified atom stereocenters. The van der Waals surface area contributed by atoms with Crippen molar-refractivity contribution in [1.29, 1.82) is 0 Å². The second kappa shape index (κ2) is 12.4. The Kier molecular flexibility index (Phi) is 9.30. The quantitative estimate of drug-likeness (QED) is 0.381. The van der Waals surface area contributed by atoms with E-state index >= 15 is 0 Å². The van der Waals surface area contributed by atoms with Crippen LogP contribution >= 0.6 is 11.8 Å². The fraction of sp³-hybridized carbons (Fsp3) is 0.440. The van der Waals surface area contributed by atoms with Gasteiger partial charge in [0, 0.05) is 30.5 Å². The number of benzene rings is 2. The average molecular weight is 470 g/mol. The number of non-ortho nitro benzene ring substituents is 1. The molecule has 0 aromatic heterocycles. The first-order valence-corrected chi connectivity index (χ1v) is 12.6. The summed E-state index contributed by atoms with van der Waals surface area (Å²) >= 11 is 1.45. The third-order valence-corrected chi connectivity index (χ3v) is 6.91. The highest BCUT2D eigenvalue weighted by molar-refractivity contribution is 7.99. The van der Waals surface area contributed by atoms with Crippen LogP contribution in [0.1, 0.15) is 50.2 Å². The van der Waals surface area contributed by atoms with Crippen LogP contribution in [0.4, 0.5) is 5.69 Å². The van der Waals surface area contributed by atoms with Gasteiger partial charge in [-0.3, -0.25) is 19.7 Å². The lowest BCUT2D eigenvalue weighted by Crippen LogP contribution is -2.51. The van der Waals surface area contributed by atoms with E-state index in [1.807, 2.05) is 37.3 Å². The molecule has 1 N–H and O–H groups in total. The highest BCUT2D eigenvalue weighted by Crippen LogP contribution is 2.21. The summed E-state index contributed by atoms with van der Waals surface area (Å²) in [5.41, 5.74) is 1.95. The molecule has 0 heterocycles. The van der Waals surface area contributed by atoms with Crippen LogP contribution < -0.4 is 5.32 Å². The van der Waals surface area contributed by atoms with Crippen molar-refractivity contribution in [2.24, 2.45) is 0 Å². The number of hydrogen-bond acceptors (Lipinski definition) is 5. The van der Waals surface area contributed by atoms with Crippen LogP contribution in [-0.2, 0) is 21.9 Å². The minimum atomic E-state index is -0.515. The molecule has 176 valence electrons. The topological polar surface area (TPSA) is 92.6 Å². The van der Waals surface area contributed by atoms with E-state index in [1.54, 1.807) is 17.0 Å². The number of amides is 2. The second-order valence-corrected chi connectivity index (χ2v) is 9.32. The molecule has 0 spiro atoms. The van der Waals surface area contributed by atoms with E-state index in [-0.39, 0.29) is 29.3 Å². The first-order chi connectivity index (χ1) is 16.0. The lowest BCUT2D eigenvalue weighted by Gasteiger charge is -2.31. The molecule has 0 radical (unpaired) electrons. The van der Waals surface area contributed by atoms with Crippen molar-refractivity contribution in [1.82, 2.24) is 10.2 Å². The molecular weight excluding hydrogens is 438 g/mol. The van der Waals surface area contributed by atoms with Gasteiger partial charge >= 0.3 is 0 Å². The van der Waals surface area contributed by atoms with Crippen molar-refractivity contribution < 1.29 is 14.5 Å². The van der Waals surface area contributed by atoms with E-state index in [9.17, 15) is 19.7 Å². The summed E-state index contributed by atoms with van der Waals surface area (Å²) in [7, 11) is 0. The van der Waals surface area contributed by atoms with Crippen molar-refractivity contribution in [3.63, 3.8) is 0 Å². The SMILES string of the molecule is CCC(C(=O)NC1CCCC1)N(Cc1ccccc1)C(=O)CSCc1ccc([N+](=O)[O-])cc1. The van der Waals surface area contributed by atoms with E-state index in [1.165, 1.54) is 23.9 Å². The Hall–Kier alpha value is -2.87. The molecule has 7 nitrogen and oxygen atoms in total. The maximum atomic E-state index is 13.3. The third kappa shape index (κ3) is 7.32. The van der Waals surface area contributed by atoms with Crippen LogP contribution in [0, 0.1) is 10.1 Å². The summed E-state index contributed by atoms with van der Waals surface area (Å²) in [6, 6.07) is 15.8. The van der Waals surface area contributed by atoms with Gasteiger partial charge in [-0.15, -0.1) is 11.8 Å². The van der Waals surface area contributed by atoms with Gasteiger partial charge in [-0.2, -0.15) is 0 Å². The minimum Gasteiger partial charge on any atom is -0.352 e. The van der Waals surface area contributed by atoms with Crippen molar-refractivity contribution >= 4 is 29.3 Å². The monoisotopic (exact) mass is 469 g/mol. The average Bonchev–Trinajstić information content (AvgIpc) is 3.33. The number of hydrogen-bond donors (Lipinski definition) is 1. The Balaban J connectivity index is 1.65. The van der Waals surface area contributed by atoms with Crippen molar-refractivity contribution in [3.05, 3.63) is 75.8 Å². The largest absolute Gasteiger partial charge is 0.352 e. The highest BCUT2D eigenvalue weighted by atomic mass is 32.2. The molecule has 1 aliphatic carbocycles. The number of nitro benzene ring substituents is 1. The summed E-state index contributed by atoms with van der Waals surface area (Å²) in [6.45, 7) is 2.32. The summed E-state index contributed by atoms with van der Waals surface area (Å²) in [4.78, 5) is 38.4. The molecule has 0 saturated heterocycles. The number of carbonyl (C=O) groups excluding carboxylic acids is 2. The van der Waals surface area contributed by atoms with Gasteiger partial charge in [-0.05, 0) is 30.4 Å². The molecule has 1 aliphatic rings. The minimum absolute atomic E-state index is 0.0490. The predicted octanol–water partition coefficient (Wildman–Crippen LogP) is 4.69. The van der Waals surface area contributed by atoms with Crippen LogP contribution in [0.25, 0.3) is 0 Å².